The minimum absolute atomic E-state index is 0.0645. The average molecular weight is 319 g/mol. The zero-order chi connectivity index (χ0) is 16.1. The lowest BCUT2D eigenvalue weighted by Crippen LogP contribution is -2.19. The Labute approximate surface area is 133 Å². The highest BCUT2D eigenvalue weighted by Gasteiger charge is 2.11. The molecule has 2 aromatic carbocycles. The van der Waals surface area contributed by atoms with E-state index in [1.807, 2.05) is 24.3 Å². The summed E-state index contributed by atoms with van der Waals surface area (Å²) in [5, 5.41) is 14.1. The second-order valence-electron chi connectivity index (χ2n) is 4.53. The predicted octanol–water partition coefficient (Wildman–Crippen LogP) is 3.21. The summed E-state index contributed by atoms with van der Waals surface area (Å²) in [7, 11) is 1.58. The first-order chi connectivity index (χ1) is 10.5. The van der Waals surface area contributed by atoms with Crippen molar-refractivity contribution in [2.45, 2.75) is 6.92 Å². The van der Waals surface area contributed by atoms with Crippen LogP contribution >= 0.6 is 11.6 Å². The van der Waals surface area contributed by atoms with Crippen LogP contribution < -0.4 is 10.2 Å². The van der Waals surface area contributed by atoms with Crippen molar-refractivity contribution in [2.75, 3.05) is 7.11 Å². The first-order valence-corrected chi connectivity index (χ1v) is 6.86. The molecule has 0 saturated heterocycles. The van der Waals surface area contributed by atoms with Gasteiger partial charge < -0.3 is 9.84 Å². The minimum Gasteiger partial charge on any atom is -0.507 e. The molecule has 0 aliphatic rings. The van der Waals surface area contributed by atoms with Gasteiger partial charge in [0, 0.05) is 10.6 Å². The number of benzene rings is 2. The smallest absolute Gasteiger partial charge is 0.275 e. The van der Waals surface area contributed by atoms with Crippen LogP contribution in [0.2, 0.25) is 5.02 Å². The van der Waals surface area contributed by atoms with E-state index in [2.05, 4.69) is 10.5 Å². The molecule has 0 unspecified atom stereocenters. The highest BCUT2D eigenvalue weighted by molar-refractivity contribution is 6.31. The van der Waals surface area contributed by atoms with E-state index in [1.165, 1.54) is 18.2 Å². The van der Waals surface area contributed by atoms with Crippen molar-refractivity contribution < 1.29 is 14.6 Å². The van der Waals surface area contributed by atoms with Crippen molar-refractivity contribution in [2.24, 2.45) is 5.10 Å². The number of nitrogens with zero attached hydrogens (tertiary/aromatic N) is 1. The predicted molar refractivity (Wildman–Crippen MR) is 85.8 cm³/mol. The van der Waals surface area contributed by atoms with Crippen LogP contribution in [0.15, 0.2) is 47.6 Å². The summed E-state index contributed by atoms with van der Waals surface area (Å²) >= 11 is 5.81. The summed E-state index contributed by atoms with van der Waals surface area (Å²) in [4.78, 5) is 12.0. The zero-order valence-corrected chi connectivity index (χ0v) is 12.9. The molecular weight excluding hydrogens is 304 g/mol. The van der Waals surface area contributed by atoms with E-state index >= 15 is 0 Å². The molecule has 0 atom stereocenters. The largest absolute Gasteiger partial charge is 0.507 e. The molecule has 0 aromatic heterocycles. The molecular formula is C16H15ClN2O3. The minimum atomic E-state index is -0.540. The van der Waals surface area contributed by atoms with Crippen LogP contribution in [0.4, 0.5) is 0 Å². The van der Waals surface area contributed by atoms with Crippen molar-refractivity contribution in [1.29, 1.82) is 0 Å². The van der Waals surface area contributed by atoms with Gasteiger partial charge in [-0.25, -0.2) is 5.43 Å². The van der Waals surface area contributed by atoms with E-state index < -0.39 is 5.91 Å². The van der Waals surface area contributed by atoms with Crippen molar-refractivity contribution in [3.05, 3.63) is 58.6 Å². The fourth-order valence-corrected chi connectivity index (χ4v) is 1.97. The van der Waals surface area contributed by atoms with E-state index in [-0.39, 0.29) is 11.3 Å². The lowest BCUT2D eigenvalue weighted by Gasteiger charge is -2.06. The topological polar surface area (TPSA) is 70.9 Å². The number of aromatic hydroxyl groups is 1. The number of hydrogen-bond acceptors (Lipinski definition) is 4. The van der Waals surface area contributed by atoms with E-state index in [0.29, 0.717) is 16.5 Å². The normalized spacial score (nSPS) is 11.1. The molecule has 2 N–H and O–H groups in total. The SMILES string of the molecule is COc1cccc(C(C)=NNC(=O)c2cc(Cl)ccc2O)c1. The van der Waals surface area contributed by atoms with Gasteiger partial charge in [-0.05, 0) is 37.3 Å². The van der Waals surface area contributed by atoms with Crippen LogP contribution in [0.5, 0.6) is 11.5 Å². The van der Waals surface area contributed by atoms with Gasteiger partial charge in [0.1, 0.15) is 11.5 Å². The third-order valence-electron chi connectivity index (χ3n) is 3.02. The Morgan fingerprint density at radius 1 is 1.27 bits per heavy atom. The Bertz CT molecular complexity index is 729. The fourth-order valence-electron chi connectivity index (χ4n) is 1.80. The van der Waals surface area contributed by atoms with Crippen molar-refractivity contribution in [1.82, 2.24) is 5.43 Å². The summed E-state index contributed by atoms with van der Waals surface area (Å²) in [5.74, 6) is 0.00393. The third kappa shape index (κ3) is 3.77. The second kappa shape index (κ2) is 6.95. The fraction of sp³-hybridized carbons (Fsp3) is 0.125. The third-order valence-corrected chi connectivity index (χ3v) is 3.25. The maximum absolute atomic E-state index is 12.0. The maximum Gasteiger partial charge on any atom is 0.275 e. The van der Waals surface area contributed by atoms with Crippen LogP contribution in [0.1, 0.15) is 22.8 Å². The molecule has 0 aliphatic carbocycles. The molecule has 0 bridgehead atoms. The van der Waals surface area contributed by atoms with E-state index in [0.717, 1.165) is 5.56 Å². The zero-order valence-electron chi connectivity index (χ0n) is 12.1. The molecule has 0 heterocycles. The molecule has 0 aliphatic heterocycles. The highest BCUT2D eigenvalue weighted by atomic mass is 35.5. The van der Waals surface area contributed by atoms with Crippen LogP contribution in [-0.4, -0.2) is 23.8 Å². The summed E-state index contributed by atoms with van der Waals surface area (Å²) in [6, 6.07) is 11.5. The number of phenols is 1. The summed E-state index contributed by atoms with van der Waals surface area (Å²) in [6.45, 7) is 1.76. The molecule has 6 heteroatoms. The number of phenolic OH excluding ortho intramolecular Hbond substituents is 1. The van der Waals surface area contributed by atoms with Crippen LogP contribution in [-0.2, 0) is 0 Å². The Kier molecular flexibility index (Phi) is 5.01. The van der Waals surface area contributed by atoms with Crippen LogP contribution in [0.25, 0.3) is 0 Å². The number of ether oxygens (including phenoxy) is 1. The molecule has 2 aromatic rings. The van der Waals surface area contributed by atoms with Gasteiger partial charge in [-0.15, -0.1) is 0 Å². The molecule has 1 amide bonds. The lowest BCUT2D eigenvalue weighted by molar-refractivity contribution is 0.0952. The standard InChI is InChI=1S/C16H15ClN2O3/c1-10(11-4-3-5-13(8-11)22-2)18-19-16(21)14-9-12(17)6-7-15(14)20/h3-9,20H,1-2H3,(H,19,21). The van der Waals surface area contributed by atoms with Crippen molar-refractivity contribution in [3.8, 4) is 11.5 Å². The Balaban J connectivity index is 2.16. The average Bonchev–Trinajstić information content (AvgIpc) is 2.54. The van der Waals surface area contributed by atoms with E-state index in [1.54, 1.807) is 14.0 Å². The van der Waals surface area contributed by atoms with Crippen LogP contribution in [0, 0.1) is 0 Å². The van der Waals surface area contributed by atoms with Gasteiger partial charge in [-0.1, -0.05) is 23.7 Å². The number of carbonyl (C=O) groups excluding carboxylic acids is 1. The van der Waals surface area contributed by atoms with Gasteiger partial charge in [-0.3, -0.25) is 4.79 Å². The monoisotopic (exact) mass is 318 g/mol. The van der Waals surface area contributed by atoms with E-state index in [9.17, 15) is 9.90 Å². The van der Waals surface area contributed by atoms with Gasteiger partial charge in [0.2, 0.25) is 0 Å². The van der Waals surface area contributed by atoms with Gasteiger partial charge in [-0.2, -0.15) is 5.10 Å². The molecule has 22 heavy (non-hydrogen) atoms. The first-order valence-electron chi connectivity index (χ1n) is 6.49. The van der Waals surface area contributed by atoms with Crippen molar-refractivity contribution in [3.63, 3.8) is 0 Å². The number of halogens is 1. The quantitative estimate of drug-likeness (QED) is 0.671. The van der Waals surface area contributed by atoms with Gasteiger partial charge in [0.25, 0.3) is 5.91 Å². The Morgan fingerprint density at radius 3 is 2.77 bits per heavy atom. The number of methoxy groups -OCH3 is 1. The molecule has 5 nitrogen and oxygen atoms in total. The molecule has 0 spiro atoms. The number of nitrogens with one attached hydrogen (secondary N) is 1. The Hall–Kier alpha value is -2.53. The summed E-state index contributed by atoms with van der Waals surface area (Å²) in [5.41, 5.74) is 3.88. The molecule has 0 fully saturated rings. The number of rotatable bonds is 4. The second-order valence-corrected chi connectivity index (χ2v) is 4.97. The molecule has 2 rings (SSSR count). The lowest BCUT2D eigenvalue weighted by atomic mass is 10.1. The number of amides is 1. The summed E-state index contributed by atoms with van der Waals surface area (Å²) in [6.07, 6.45) is 0. The number of hydrogen-bond donors (Lipinski definition) is 2. The van der Waals surface area contributed by atoms with Crippen molar-refractivity contribution >= 4 is 23.2 Å². The summed E-state index contributed by atoms with van der Waals surface area (Å²) < 4.78 is 5.14. The van der Waals surface area contributed by atoms with E-state index in [4.69, 9.17) is 16.3 Å². The number of hydrazone groups is 1. The van der Waals surface area contributed by atoms with Gasteiger partial charge in [0.05, 0.1) is 18.4 Å². The van der Waals surface area contributed by atoms with Crippen LogP contribution in [0.3, 0.4) is 0 Å². The van der Waals surface area contributed by atoms with Gasteiger partial charge >= 0.3 is 0 Å². The maximum atomic E-state index is 12.0. The van der Waals surface area contributed by atoms with Gasteiger partial charge in [0.15, 0.2) is 0 Å². The first kappa shape index (κ1) is 15.9. The molecule has 114 valence electrons. The molecule has 0 saturated carbocycles. The number of carbonyl (C=O) groups is 1. The Morgan fingerprint density at radius 2 is 2.05 bits per heavy atom. The molecule has 0 radical (unpaired) electrons. The highest BCUT2D eigenvalue weighted by Crippen LogP contribution is 2.21.